The fourth-order valence-corrected chi connectivity index (χ4v) is 3.59. The maximum Gasteiger partial charge on any atom is 0.271 e. The number of aromatic nitrogens is 3. The van der Waals surface area contributed by atoms with Crippen LogP contribution in [0.15, 0.2) is 76.9 Å². The second-order valence-corrected chi connectivity index (χ2v) is 6.75. The summed E-state index contributed by atoms with van der Waals surface area (Å²) in [6, 6.07) is 15.9. The molecule has 9 nitrogen and oxygen atoms in total. The highest BCUT2D eigenvalue weighted by Gasteiger charge is 2.17. The van der Waals surface area contributed by atoms with Crippen molar-refractivity contribution in [1.29, 1.82) is 0 Å². The number of nitro benzene ring substituents is 2. The molecule has 4 rings (SSSR count). The number of hydrogen-bond acceptors (Lipinski definition) is 7. The van der Waals surface area contributed by atoms with Gasteiger partial charge in [-0.25, -0.2) is 9.97 Å². The van der Waals surface area contributed by atoms with E-state index in [1.807, 2.05) is 0 Å². The molecule has 0 bridgehead atoms. The zero-order valence-corrected chi connectivity index (χ0v) is 14.9. The molecule has 0 saturated carbocycles. The van der Waals surface area contributed by atoms with Gasteiger partial charge < -0.3 is 0 Å². The van der Waals surface area contributed by atoms with Crippen molar-refractivity contribution in [3.8, 4) is 5.69 Å². The number of rotatable bonds is 5. The summed E-state index contributed by atoms with van der Waals surface area (Å²) in [4.78, 5) is 30.7. The van der Waals surface area contributed by atoms with Crippen LogP contribution in [0.1, 0.15) is 0 Å². The first-order valence-corrected chi connectivity index (χ1v) is 8.85. The molecule has 0 saturated heterocycles. The molecule has 10 heteroatoms. The van der Waals surface area contributed by atoms with Crippen molar-refractivity contribution in [2.75, 3.05) is 0 Å². The van der Waals surface area contributed by atoms with Gasteiger partial charge in [0, 0.05) is 35.4 Å². The molecule has 0 aliphatic rings. The molecule has 0 N–H and O–H groups in total. The summed E-state index contributed by atoms with van der Waals surface area (Å²) in [6.07, 6.45) is 1.62. The number of nitrogens with zero attached hydrogens (tertiary/aromatic N) is 5. The van der Waals surface area contributed by atoms with Crippen LogP contribution in [-0.2, 0) is 0 Å². The van der Waals surface area contributed by atoms with E-state index >= 15 is 0 Å². The second-order valence-electron chi connectivity index (χ2n) is 5.71. The monoisotopic (exact) mass is 393 g/mol. The molecule has 28 heavy (non-hydrogen) atoms. The average molecular weight is 393 g/mol. The number of nitro groups is 2. The van der Waals surface area contributed by atoms with Gasteiger partial charge in [0.1, 0.15) is 5.52 Å². The number of non-ortho nitro benzene ring substituents is 2. The van der Waals surface area contributed by atoms with Crippen LogP contribution in [0.4, 0.5) is 11.4 Å². The predicted octanol–water partition coefficient (Wildman–Crippen LogP) is 4.39. The minimum atomic E-state index is -0.462. The minimum Gasteiger partial charge on any atom is -0.271 e. The van der Waals surface area contributed by atoms with E-state index in [9.17, 15) is 20.2 Å². The Hall–Kier alpha value is -3.79. The van der Waals surface area contributed by atoms with Crippen molar-refractivity contribution < 1.29 is 9.85 Å². The predicted molar refractivity (Wildman–Crippen MR) is 103 cm³/mol. The first-order chi connectivity index (χ1) is 13.5. The molecule has 0 amide bonds. The number of imidazole rings is 1. The third-order valence-electron chi connectivity index (χ3n) is 3.94. The molecule has 0 spiro atoms. The maximum absolute atomic E-state index is 11.2. The molecule has 0 unspecified atom stereocenters. The summed E-state index contributed by atoms with van der Waals surface area (Å²) < 4.78 is 1.73. The molecule has 0 fully saturated rings. The number of hydrogen-bond donors (Lipinski definition) is 0. The highest BCUT2D eigenvalue weighted by Crippen LogP contribution is 2.33. The Morgan fingerprint density at radius 3 is 2.36 bits per heavy atom. The van der Waals surface area contributed by atoms with Gasteiger partial charge in [0.15, 0.2) is 10.8 Å². The Balaban J connectivity index is 1.82. The van der Waals surface area contributed by atoms with Crippen molar-refractivity contribution in [2.45, 2.75) is 10.1 Å². The van der Waals surface area contributed by atoms with Crippen molar-refractivity contribution in [2.24, 2.45) is 0 Å². The lowest BCUT2D eigenvalue weighted by Crippen LogP contribution is -1.99. The first-order valence-electron chi connectivity index (χ1n) is 8.03. The maximum atomic E-state index is 11.2. The van der Waals surface area contributed by atoms with E-state index in [4.69, 9.17) is 0 Å². The van der Waals surface area contributed by atoms with Crippen molar-refractivity contribution in [1.82, 2.24) is 14.5 Å². The number of fused-ring (bicyclic) bond motifs is 1. The summed E-state index contributed by atoms with van der Waals surface area (Å²) in [5, 5.41) is 22.5. The van der Waals surface area contributed by atoms with Gasteiger partial charge in [-0.05, 0) is 30.3 Å². The van der Waals surface area contributed by atoms with E-state index in [0.717, 1.165) is 4.90 Å². The quantitative estimate of drug-likeness (QED) is 0.364. The molecule has 4 aromatic rings. The first kappa shape index (κ1) is 17.6. The van der Waals surface area contributed by atoms with Gasteiger partial charge >= 0.3 is 0 Å². The molecule has 0 atom stereocenters. The minimum absolute atomic E-state index is 0.00166. The summed E-state index contributed by atoms with van der Waals surface area (Å²) >= 11 is 1.29. The Morgan fingerprint density at radius 2 is 1.64 bits per heavy atom. The Morgan fingerprint density at radius 1 is 0.893 bits per heavy atom. The Bertz CT molecular complexity index is 1210. The summed E-state index contributed by atoms with van der Waals surface area (Å²) in [6.45, 7) is 0. The summed E-state index contributed by atoms with van der Waals surface area (Å²) in [7, 11) is 0. The Labute approximate surface area is 162 Å². The van der Waals surface area contributed by atoms with Crippen LogP contribution >= 0.6 is 11.8 Å². The van der Waals surface area contributed by atoms with E-state index in [-0.39, 0.29) is 11.4 Å². The second kappa shape index (κ2) is 7.08. The zero-order valence-electron chi connectivity index (χ0n) is 14.1. The van der Waals surface area contributed by atoms with Gasteiger partial charge in [-0.2, -0.15) is 0 Å². The number of benzene rings is 2. The van der Waals surface area contributed by atoms with Gasteiger partial charge in [-0.15, -0.1) is 0 Å². The van der Waals surface area contributed by atoms with E-state index < -0.39 is 9.85 Å². The van der Waals surface area contributed by atoms with Gasteiger partial charge in [-0.1, -0.05) is 17.8 Å². The van der Waals surface area contributed by atoms with E-state index in [1.165, 1.54) is 36.0 Å². The van der Waals surface area contributed by atoms with Gasteiger partial charge in [-0.3, -0.25) is 24.8 Å². The van der Waals surface area contributed by atoms with Crippen LogP contribution in [0.3, 0.4) is 0 Å². The molecular weight excluding hydrogens is 382 g/mol. The molecule has 0 aliphatic heterocycles. The average Bonchev–Trinajstić information content (AvgIpc) is 3.06. The topological polar surface area (TPSA) is 117 Å². The lowest BCUT2D eigenvalue weighted by Gasteiger charge is -2.08. The molecular formula is C18H11N5O4S. The van der Waals surface area contributed by atoms with Crippen molar-refractivity contribution in [3.05, 3.63) is 87.1 Å². The zero-order chi connectivity index (χ0) is 19.7. The summed E-state index contributed by atoms with van der Waals surface area (Å²) in [5.41, 5.74) is 1.71. The molecule has 2 aromatic carbocycles. The standard InChI is InChI=1S/C18H11N5O4S/c24-22(25)12-6-8-15(9-7-12)28-18-20-16-5-2-10-19-17(16)21(18)13-3-1-4-14(11-13)23(26)27/h1-11H. The van der Waals surface area contributed by atoms with E-state index in [0.29, 0.717) is 22.0 Å². The van der Waals surface area contributed by atoms with Gasteiger partial charge in [0.25, 0.3) is 11.4 Å². The molecule has 0 radical (unpaired) electrons. The lowest BCUT2D eigenvalue weighted by molar-refractivity contribution is -0.385. The highest BCUT2D eigenvalue weighted by molar-refractivity contribution is 7.99. The third-order valence-corrected chi connectivity index (χ3v) is 4.91. The molecule has 2 heterocycles. The van der Waals surface area contributed by atoms with E-state index in [2.05, 4.69) is 9.97 Å². The fourth-order valence-electron chi connectivity index (χ4n) is 2.68. The molecule has 138 valence electrons. The van der Waals surface area contributed by atoms with Crippen molar-refractivity contribution in [3.63, 3.8) is 0 Å². The van der Waals surface area contributed by atoms with Crippen molar-refractivity contribution >= 4 is 34.3 Å². The smallest absolute Gasteiger partial charge is 0.271 e. The largest absolute Gasteiger partial charge is 0.271 e. The van der Waals surface area contributed by atoms with Crippen LogP contribution in [-0.4, -0.2) is 24.4 Å². The fraction of sp³-hybridized carbons (Fsp3) is 0. The number of pyridine rings is 1. The normalized spacial score (nSPS) is 10.9. The van der Waals surface area contributed by atoms with Gasteiger partial charge in [0.05, 0.1) is 15.5 Å². The van der Waals surface area contributed by atoms with Crippen LogP contribution in [0, 0.1) is 20.2 Å². The highest BCUT2D eigenvalue weighted by atomic mass is 32.2. The molecule has 0 aliphatic carbocycles. The van der Waals surface area contributed by atoms with Crippen LogP contribution < -0.4 is 0 Å². The van der Waals surface area contributed by atoms with Crippen LogP contribution in [0.25, 0.3) is 16.9 Å². The lowest BCUT2D eigenvalue weighted by atomic mass is 10.3. The molecule has 2 aromatic heterocycles. The van der Waals surface area contributed by atoms with Gasteiger partial charge in [0.2, 0.25) is 0 Å². The Kier molecular flexibility index (Phi) is 4.45. The van der Waals surface area contributed by atoms with E-state index in [1.54, 1.807) is 47.2 Å². The van der Waals surface area contributed by atoms with Crippen LogP contribution in [0.2, 0.25) is 0 Å². The van der Waals surface area contributed by atoms with Crippen LogP contribution in [0.5, 0.6) is 0 Å². The summed E-state index contributed by atoms with van der Waals surface area (Å²) in [5.74, 6) is 0. The SMILES string of the molecule is O=[N+]([O-])c1ccc(Sc2nc3cccnc3n2-c2cccc([N+](=O)[O-])c2)cc1. The third kappa shape index (κ3) is 3.28.